The van der Waals surface area contributed by atoms with Crippen molar-refractivity contribution in [3.05, 3.63) is 81.7 Å². The zero-order valence-corrected chi connectivity index (χ0v) is 17.9. The van der Waals surface area contributed by atoms with Crippen LogP contribution in [0.25, 0.3) is 28.1 Å². The molecular weight excluding hydrogens is 413 g/mol. The Labute approximate surface area is 183 Å². The highest BCUT2D eigenvalue weighted by molar-refractivity contribution is 5.98. The van der Waals surface area contributed by atoms with Gasteiger partial charge < -0.3 is 9.64 Å². The SMILES string of the molecule is COc1cc(C2=C3C=c4ccccc4=C(C(F)(F)F)C3N=CN2C)c(C)c2ccccc12. The average molecular weight is 434 g/mol. The van der Waals surface area contributed by atoms with Crippen LogP contribution in [0.15, 0.2) is 65.2 Å². The zero-order chi connectivity index (χ0) is 22.6. The smallest absolute Gasteiger partial charge is 0.415 e. The molecule has 6 heteroatoms. The lowest BCUT2D eigenvalue weighted by Crippen LogP contribution is -2.43. The van der Waals surface area contributed by atoms with Gasteiger partial charge in [0.1, 0.15) is 11.8 Å². The summed E-state index contributed by atoms with van der Waals surface area (Å²) < 4.78 is 48.4. The standard InChI is InChI=1S/C26H21F3N2O/c1-15-17-9-6-7-11-19(17)22(32-3)13-20(15)25-21-12-16-8-4-5-10-18(16)23(26(27,28)29)24(21)30-14-31(25)2/h4-14,24H,1-3H3. The maximum atomic E-state index is 14.2. The summed E-state index contributed by atoms with van der Waals surface area (Å²) >= 11 is 0. The summed E-state index contributed by atoms with van der Waals surface area (Å²) in [6.45, 7) is 1.99. The molecule has 0 bridgehead atoms. The van der Waals surface area contributed by atoms with E-state index in [1.165, 1.54) is 12.4 Å². The minimum absolute atomic E-state index is 0.183. The van der Waals surface area contributed by atoms with E-state index in [0.717, 1.165) is 21.9 Å². The molecule has 0 saturated carbocycles. The zero-order valence-electron chi connectivity index (χ0n) is 17.9. The van der Waals surface area contributed by atoms with Gasteiger partial charge in [0.25, 0.3) is 0 Å². The van der Waals surface area contributed by atoms with Gasteiger partial charge in [-0.05, 0) is 40.5 Å². The first-order chi connectivity index (χ1) is 15.3. The monoisotopic (exact) mass is 434 g/mol. The number of fused-ring (bicyclic) bond motifs is 3. The van der Waals surface area contributed by atoms with Crippen LogP contribution in [0.4, 0.5) is 13.2 Å². The van der Waals surface area contributed by atoms with Gasteiger partial charge in [-0.2, -0.15) is 13.2 Å². The lowest BCUT2D eigenvalue weighted by molar-refractivity contribution is -0.0731. The Morgan fingerprint density at radius 1 is 1.00 bits per heavy atom. The molecule has 2 aliphatic rings. The van der Waals surface area contributed by atoms with Crippen molar-refractivity contribution >= 4 is 34.5 Å². The van der Waals surface area contributed by atoms with Crippen LogP contribution in [0.2, 0.25) is 0 Å². The fourth-order valence-corrected chi connectivity index (χ4v) is 4.75. The number of hydrogen-bond donors (Lipinski definition) is 0. The molecule has 3 aromatic carbocycles. The maximum absolute atomic E-state index is 14.2. The van der Waals surface area contributed by atoms with Crippen molar-refractivity contribution in [3.63, 3.8) is 0 Å². The molecule has 1 aliphatic carbocycles. The van der Waals surface area contributed by atoms with Crippen molar-refractivity contribution in [1.29, 1.82) is 0 Å². The lowest BCUT2D eigenvalue weighted by Gasteiger charge is -2.33. The van der Waals surface area contributed by atoms with Crippen LogP contribution in [0.1, 0.15) is 11.1 Å². The number of rotatable bonds is 2. The highest BCUT2D eigenvalue weighted by Gasteiger charge is 2.43. The molecule has 1 atom stereocenters. The molecular formula is C26H21F3N2O. The number of nitrogens with zero attached hydrogens (tertiary/aromatic N) is 2. The predicted octanol–water partition coefficient (Wildman–Crippen LogP) is 4.42. The number of hydrogen-bond acceptors (Lipinski definition) is 3. The van der Waals surface area contributed by atoms with E-state index in [1.54, 1.807) is 30.2 Å². The minimum Gasteiger partial charge on any atom is -0.496 e. The molecule has 1 unspecified atom stereocenters. The Kier molecular flexibility index (Phi) is 4.62. The Bertz CT molecular complexity index is 1430. The number of ether oxygens (including phenoxy) is 1. The summed E-state index contributed by atoms with van der Waals surface area (Å²) in [5, 5.41) is 2.69. The van der Waals surface area contributed by atoms with Gasteiger partial charge in [0.2, 0.25) is 0 Å². The topological polar surface area (TPSA) is 24.8 Å². The molecule has 5 rings (SSSR count). The summed E-state index contributed by atoms with van der Waals surface area (Å²) in [6, 6.07) is 15.3. The second-order valence-corrected chi connectivity index (χ2v) is 8.02. The molecule has 0 aromatic heterocycles. The molecule has 0 spiro atoms. The highest BCUT2D eigenvalue weighted by Crippen LogP contribution is 2.42. The number of aryl methyl sites for hydroxylation is 1. The highest BCUT2D eigenvalue weighted by atomic mass is 19.4. The first-order valence-electron chi connectivity index (χ1n) is 10.3. The third-order valence-corrected chi connectivity index (χ3v) is 6.20. The molecule has 0 fully saturated rings. The lowest BCUT2D eigenvalue weighted by atomic mass is 9.85. The molecule has 0 amide bonds. The third-order valence-electron chi connectivity index (χ3n) is 6.20. The van der Waals surface area contributed by atoms with Crippen LogP contribution < -0.4 is 15.2 Å². The average Bonchev–Trinajstić information content (AvgIpc) is 2.78. The molecule has 0 N–H and O–H groups in total. The third kappa shape index (κ3) is 3.01. The van der Waals surface area contributed by atoms with Crippen LogP contribution in [0, 0.1) is 6.92 Å². The van der Waals surface area contributed by atoms with Crippen molar-refractivity contribution in [2.45, 2.75) is 19.1 Å². The fourth-order valence-electron chi connectivity index (χ4n) is 4.75. The van der Waals surface area contributed by atoms with E-state index >= 15 is 0 Å². The molecule has 32 heavy (non-hydrogen) atoms. The largest absolute Gasteiger partial charge is 0.496 e. The second kappa shape index (κ2) is 7.26. The quantitative estimate of drug-likeness (QED) is 0.597. The summed E-state index contributed by atoms with van der Waals surface area (Å²) in [5.74, 6) is 0.679. The molecule has 1 aliphatic heterocycles. The fraction of sp³-hybridized carbons (Fsp3) is 0.192. The van der Waals surface area contributed by atoms with E-state index in [0.29, 0.717) is 22.2 Å². The van der Waals surface area contributed by atoms with E-state index in [9.17, 15) is 13.2 Å². The van der Waals surface area contributed by atoms with Crippen LogP contribution in [0.3, 0.4) is 0 Å². The maximum Gasteiger partial charge on any atom is 0.415 e. The van der Waals surface area contributed by atoms with E-state index in [2.05, 4.69) is 4.99 Å². The van der Waals surface area contributed by atoms with Gasteiger partial charge in [-0.15, -0.1) is 0 Å². The normalized spacial score (nSPS) is 17.9. The number of halogens is 3. The Morgan fingerprint density at radius 2 is 1.69 bits per heavy atom. The number of methoxy groups -OCH3 is 1. The van der Waals surface area contributed by atoms with Crippen molar-refractivity contribution in [2.24, 2.45) is 4.99 Å². The molecule has 0 saturated heterocycles. The molecule has 3 nitrogen and oxygen atoms in total. The summed E-state index contributed by atoms with van der Waals surface area (Å²) in [5.41, 5.74) is 2.40. The van der Waals surface area contributed by atoms with Crippen LogP contribution >= 0.6 is 0 Å². The molecule has 3 aromatic rings. The van der Waals surface area contributed by atoms with Gasteiger partial charge in [0.05, 0.1) is 24.7 Å². The van der Waals surface area contributed by atoms with E-state index < -0.39 is 17.8 Å². The molecule has 0 radical (unpaired) electrons. The Hall–Kier alpha value is -3.54. The summed E-state index contributed by atoms with van der Waals surface area (Å²) in [4.78, 5) is 6.11. The van der Waals surface area contributed by atoms with Crippen molar-refractivity contribution in [3.8, 4) is 5.75 Å². The van der Waals surface area contributed by atoms with E-state index in [-0.39, 0.29) is 5.22 Å². The Balaban J connectivity index is 1.88. The number of aliphatic imine (C=N–C) groups is 1. The van der Waals surface area contributed by atoms with Crippen LogP contribution in [0.5, 0.6) is 5.75 Å². The predicted molar refractivity (Wildman–Crippen MR) is 122 cm³/mol. The van der Waals surface area contributed by atoms with Crippen LogP contribution in [-0.4, -0.2) is 37.6 Å². The van der Waals surface area contributed by atoms with Gasteiger partial charge in [0.15, 0.2) is 0 Å². The first kappa shape index (κ1) is 20.4. The van der Waals surface area contributed by atoms with Gasteiger partial charge in [-0.3, -0.25) is 4.99 Å². The molecule has 1 heterocycles. The Morgan fingerprint density at radius 3 is 2.41 bits per heavy atom. The number of alkyl halides is 3. The summed E-state index contributed by atoms with van der Waals surface area (Å²) in [7, 11) is 3.41. The van der Waals surface area contributed by atoms with Gasteiger partial charge in [-0.25, -0.2) is 0 Å². The molecule has 162 valence electrons. The van der Waals surface area contributed by atoms with Crippen molar-refractivity contribution < 1.29 is 17.9 Å². The summed E-state index contributed by atoms with van der Waals surface area (Å²) in [6.07, 6.45) is -1.19. The van der Waals surface area contributed by atoms with Crippen LogP contribution in [-0.2, 0) is 0 Å². The minimum atomic E-state index is -4.51. The van der Waals surface area contributed by atoms with Gasteiger partial charge in [0, 0.05) is 23.6 Å². The van der Waals surface area contributed by atoms with E-state index in [1.807, 2.05) is 50.4 Å². The second-order valence-electron chi connectivity index (χ2n) is 8.02. The van der Waals surface area contributed by atoms with Gasteiger partial charge in [-0.1, -0.05) is 48.5 Å². The van der Waals surface area contributed by atoms with Gasteiger partial charge >= 0.3 is 6.18 Å². The first-order valence-corrected chi connectivity index (χ1v) is 10.3. The number of benzene rings is 3. The van der Waals surface area contributed by atoms with Crippen molar-refractivity contribution in [1.82, 2.24) is 4.90 Å². The van der Waals surface area contributed by atoms with Crippen molar-refractivity contribution in [2.75, 3.05) is 14.2 Å². The van der Waals surface area contributed by atoms with E-state index in [4.69, 9.17) is 4.74 Å².